The summed E-state index contributed by atoms with van der Waals surface area (Å²) in [4.78, 5) is 2.57. The van der Waals surface area contributed by atoms with Crippen LogP contribution in [0.2, 0.25) is 0 Å². The van der Waals surface area contributed by atoms with E-state index in [2.05, 4.69) is 146 Å². The van der Waals surface area contributed by atoms with Gasteiger partial charge in [-0.2, -0.15) is 0 Å². The van der Waals surface area contributed by atoms with E-state index in [0.29, 0.717) is 11.3 Å². The highest BCUT2D eigenvalue weighted by molar-refractivity contribution is 5.97. The summed E-state index contributed by atoms with van der Waals surface area (Å²) in [6.45, 7) is 4.82. The molecule has 2 bridgehead atoms. The average Bonchev–Trinajstić information content (AvgIpc) is 3.87. The number of rotatable bonds is 6. The molecule has 6 aromatic carbocycles. The molecule has 254 valence electrons. The van der Waals surface area contributed by atoms with E-state index in [9.17, 15) is 0 Å². The standard InChI is InChI=1S/C50H49N/c1-49(2)46-15-9-8-14-43(46)45-31-44(39-17-16-36-12-6-7-13-38(36)30-39)48(32-47(45)49)51(41-22-18-37(19-23-41)35-10-4-3-5-11-35)42-24-20-40(21-25-42)50-28-26-34(33-50)27-29-50/h6-9,12-25,30-32,34-35H,3-5,10-11,26-29,33H2,1-2H3. The number of nitrogens with zero attached hydrogens (tertiary/aromatic N) is 1. The minimum absolute atomic E-state index is 0.0936. The van der Waals surface area contributed by atoms with Crippen LogP contribution in [0, 0.1) is 5.92 Å². The Morgan fingerprint density at radius 1 is 0.549 bits per heavy atom. The van der Waals surface area contributed by atoms with E-state index in [1.54, 1.807) is 5.56 Å². The van der Waals surface area contributed by atoms with Crippen LogP contribution in [-0.4, -0.2) is 0 Å². The maximum Gasteiger partial charge on any atom is 0.0543 e. The summed E-state index contributed by atoms with van der Waals surface area (Å²) in [5.74, 6) is 1.63. The molecule has 3 fully saturated rings. The second-order valence-electron chi connectivity index (χ2n) is 16.9. The van der Waals surface area contributed by atoms with Crippen LogP contribution in [0.3, 0.4) is 0 Å². The zero-order valence-electron chi connectivity index (χ0n) is 30.3. The summed E-state index contributed by atoms with van der Waals surface area (Å²) < 4.78 is 0. The lowest BCUT2D eigenvalue weighted by molar-refractivity contribution is 0.419. The second kappa shape index (κ2) is 12.0. The van der Waals surface area contributed by atoms with Crippen LogP contribution in [-0.2, 0) is 10.8 Å². The summed E-state index contributed by atoms with van der Waals surface area (Å²) in [5.41, 5.74) is 15.2. The van der Waals surface area contributed by atoms with Gasteiger partial charge in [-0.1, -0.05) is 118 Å². The van der Waals surface area contributed by atoms with Gasteiger partial charge in [-0.25, -0.2) is 0 Å². The van der Waals surface area contributed by atoms with Crippen molar-refractivity contribution >= 4 is 27.8 Å². The van der Waals surface area contributed by atoms with Crippen molar-refractivity contribution in [3.63, 3.8) is 0 Å². The zero-order chi connectivity index (χ0) is 34.2. The molecule has 4 aliphatic rings. The van der Waals surface area contributed by atoms with E-state index in [-0.39, 0.29) is 5.41 Å². The molecule has 0 unspecified atom stereocenters. The molecule has 0 aliphatic heterocycles. The van der Waals surface area contributed by atoms with E-state index in [4.69, 9.17) is 0 Å². The second-order valence-corrected chi connectivity index (χ2v) is 16.9. The van der Waals surface area contributed by atoms with Crippen molar-refractivity contribution < 1.29 is 0 Å². The monoisotopic (exact) mass is 663 g/mol. The zero-order valence-corrected chi connectivity index (χ0v) is 30.3. The Bertz CT molecular complexity index is 2240. The Morgan fingerprint density at radius 3 is 1.96 bits per heavy atom. The van der Waals surface area contributed by atoms with Gasteiger partial charge in [0.1, 0.15) is 0 Å². The van der Waals surface area contributed by atoms with Crippen molar-refractivity contribution in [1.82, 2.24) is 0 Å². The number of anilines is 3. The molecule has 3 saturated carbocycles. The molecular formula is C50H49N. The van der Waals surface area contributed by atoms with Gasteiger partial charge in [0.05, 0.1) is 5.69 Å². The van der Waals surface area contributed by atoms with Gasteiger partial charge in [0.15, 0.2) is 0 Å². The van der Waals surface area contributed by atoms with Gasteiger partial charge in [-0.3, -0.25) is 0 Å². The van der Waals surface area contributed by atoms with Crippen LogP contribution in [0.25, 0.3) is 33.0 Å². The molecule has 1 heteroatoms. The number of fused-ring (bicyclic) bond motifs is 6. The summed E-state index contributed by atoms with van der Waals surface area (Å²) in [7, 11) is 0. The van der Waals surface area contributed by atoms with Crippen molar-refractivity contribution in [1.29, 1.82) is 0 Å². The first kappa shape index (κ1) is 31.1. The van der Waals surface area contributed by atoms with Gasteiger partial charge >= 0.3 is 0 Å². The molecular weight excluding hydrogens is 615 g/mol. The largest absolute Gasteiger partial charge is 0.310 e. The summed E-state index contributed by atoms with van der Waals surface area (Å²) in [6, 6.07) is 49.4. The Kier molecular flexibility index (Phi) is 7.31. The van der Waals surface area contributed by atoms with Crippen molar-refractivity contribution in [3.8, 4) is 22.3 Å². The van der Waals surface area contributed by atoms with Crippen LogP contribution >= 0.6 is 0 Å². The van der Waals surface area contributed by atoms with Crippen molar-refractivity contribution in [3.05, 3.63) is 150 Å². The number of benzene rings is 6. The Morgan fingerprint density at radius 2 is 1.24 bits per heavy atom. The average molecular weight is 664 g/mol. The highest BCUT2D eigenvalue weighted by Crippen LogP contribution is 2.56. The summed E-state index contributed by atoms with van der Waals surface area (Å²) in [6.07, 6.45) is 13.6. The molecule has 1 nitrogen and oxygen atoms in total. The molecule has 0 N–H and O–H groups in total. The van der Waals surface area contributed by atoms with E-state index in [1.807, 2.05) is 0 Å². The molecule has 0 amide bonds. The molecule has 10 rings (SSSR count). The fraction of sp³-hybridized carbons (Fsp3) is 0.320. The third-order valence-corrected chi connectivity index (χ3v) is 13.7. The van der Waals surface area contributed by atoms with E-state index in [1.165, 1.54) is 131 Å². The predicted octanol–water partition coefficient (Wildman–Crippen LogP) is 14.2. The van der Waals surface area contributed by atoms with Crippen LogP contribution in [0.15, 0.2) is 127 Å². The molecule has 0 spiro atoms. The van der Waals surface area contributed by atoms with Crippen LogP contribution < -0.4 is 4.90 Å². The number of hydrogen-bond donors (Lipinski definition) is 0. The van der Waals surface area contributed by atoms with Crippen molar-refractivity contribution in [2.75, 3.05) is 4.90 Å². The highest BCUT2D eigenvalue weighted by atomic mass is 15.1. The maximum absolute atomic E-state index is 2.57. The molecule has 0 aromatic heterocycles. The first-order valence-electron chi connectivity index (χ1n) is 19.8. The third-order valence-electron chi connectivity index (χ3n) is 13.7. The minimum atomic E-state index is -0.0936. The smallest absolute Gasteiger partial charge is 0.0543 e. The van der Waals surface area contributed by atoms with Crippen LogP contribution in [0.1, 0.15) is 106 Å². The van der Waals surface area contributed by atoms with E-state index < -0.39 is 0 Å². The van der Waals surface area contributed by atoms with Crippen LogP contribution in [0.4, 0.5) is 17.1 Å². The van der Waals surface area contributed by atoms with E-state index >= 15 is 0 Å². The normalized spacial score (nSPS) is 21.9. The van der Waals surface area contributed by atoms with Crippen LogP contribution in [0.5, 0.6) is 0 Å². The van der Waals surface area contributed by atoms with Gasteiger partial charge in [0.2, 0.25) is 0 Å². The fourth-order valence-corrected chi connectivity index (χ4v) is 10.8. The third kappa shape index (κ3) is 5.10. The lowest BCUT2D eigenvalue weighted by Gasteiger charge is -2.32. The topological polar surface area (TPSA) is 3.24 Å². The first-order chi connectivity index (χ1) is 25.0. The Labute approximate surface area is 304 Å². The minimum Gasteiger partial charge on any atom is -0.310 e. The van der Waals surface area contributed by atoms with Gasteiger partial charge in [0.25, 0.3) is 0 Å². The highest BCUT2D eigenvalue weighted by Gasteiger charge is 2.45. The summed E-state index contributed by atoms with van der Waals surface area (Å²) in [5, 5.41) is 2.56. The Balaban J connectivity index is 1.18. The predicted molar refractivity (Wildman–Crippen MR) is 216 cm³/mol. The fourth-order valence-electron chi connectivity index (χ4n) is 10.8. The Hall–Kier alpha value is -4.62. The lowest BCUT2D eigenvalue weighted by atomic mass is 9.78. The molecule has 51 heavy (non-hydrogen) atoms. The first-order valence-corrected chi connectivity index (χ1v) is 19.8. The molecule has 6 aromatic rings. The molecule has 0 saturated heterocycles. The molecule has 4 aliphatic carbocycles. The SMILES string of the molecule is CC1(C)c2ccccc2-c2cc(-c3ccc4ccccc4c3)c(N(c3ccc(C4CCCCC4)cc3)c3ccc(C45CCC(CC4)C5)cc3)cc21. The van der Waals surface area contributed by atoms with Gasteiger partial charge in [-0.15, -0.1) is 0 Å². The molecule has 0 radical (unpaired) electrons. The number of hydrogen-bond acceptors (Lipinski definition) is 1. The van der Waals surface area contributed by atoms with Crippen molar-refractivity contribution in [2.45, 2.75) is 94.8 Å². The van der Waals surface area contributed by atoms with Gasteiger partial charge < -0.3 is 4.90 Å². The summed E-state index contributed by atoms with van der Waals surface area (Å²) >= 11 is 0. The van der Waals surface area contributed by atoms with Gasteiger partial charge in [-0.05, 0) is 154 Å². The quantitative estimate of drug-likeness (QED) is 0.171. The van der Waals surface area contributed by atoms with Gasteiger partial charge in [0, 0.05) is 22.4 Å². The molecule has 0 atom stereocenters. The van der Waals surface area contributed by atoms with Crippen molar-refractivity contribution in [2.24, 2.45) is 5.92 Å². The lowest BCUT2D eigenvalue weighted by Crippen LogP contribution is -2.20. The maximum atomic E-state index is 2.57. The van der Waals surface area contributed by atoms with E-state index in [0.717, 1.165) is 5.92 Å². The molecule has 0 heterocycles.